The average Bonchev–Trinajstić information content (AvgIpc) is 2.99. The number of imidazole rings is 1. The lowest BCUT2D eigenvalue weighted by Crippen LogP contribution is -2.45. The first-order valence-electron chi connectivity index (χ1n) is 8.29. The second-order valence-electron chi connectivity index (χ2n) is 6.23. The number of hydrogen-bond acceptors (Lipinski definition) is 4. The number of urea groups is 1. The minimum atomic E-state index is -0.457. The molecule has 2 heterocycles. The van der Waals surface area contributed by atoms with Gasteiger partial charge in [0.25, 0.3) is 0 Å². The average molecular weight is 329 g/mol. The molecule has 0 saturated carbocycles. The van der Waals surface area contributed by atoms with Crippen molar-refractivity contribution in [2.75, 3.05) is 26.7 Å². The second-order valence-corrected chi connectivity index (χ2v) is 6.23. The van der Waals surface area contributed by atoms with Crippen LogP contribution < -0.4 is 10.6 Å². The van der Waals surface area contributed by atoms with Crippen molar-refractivity contribution in [2.24, 2.45) is 5.92 Å². The van der Waals surface area contributed by atoms with Gasteiger partial charge in [0.2, 0.25) is 5.91 Å². The Labute approximate surface area is 141 Å². The van der Waals surface area contributed by atoms with Crippen molar-refractivity contribution in [1.82, 2.24) is 25.1 Å². The summed E-state index contributed by atoms with van der Waals surface area (Å²) < 4.78 is 2.22. The number of nitrogens with one attached hydrogen (secondary N) is 2. The first-order chi connectivity index (χ1) is 11.7. The van der Waals surface area contributed by atoms with Crippen molar-refractivity contribution >= 4 is 23.0 Å². The van der Waals surface area contributed by atoms with Crippen molar-refractivity contribution in [2.45, 2.75) is 19.4 Å². The summed E-state index contributed by atoms with van der Waals surface area (Å²) in [6.07, 6.45) is 3.99. The molecule has 0 aliphatic carbocycles. The maximum atomic E-state index is 11.7. The summed E-state index contributed by atoms with van der Waals surface area (Å²) in [5.41, 5.74) is 2.20. The van der Waals surface area contributed by atoms with Gasteiger partial charge < -0.3 is 9.88 Å². The minimum Gasteiger partial charge on any atom is -0.341 e. The summed E-state index contributed by atoms with van der Waals surface area (Å²) in [5, 5.41) is 4.68. The largest absolute Gasteiger partial charge is 0.341 e. The van der Waals surface area contributed by atoms with Crippen LogP contribution in [0.1, 0.15) is 12.8 Å². The number of hydrogen-bond donors (Lipinski definition) is 2. The quantitative estimate of drug-likeness (QED) is 0.883. The topological polar surface area (TPSA) is 79.3 Å². The summed E-state index contributed by atoms with van der Waals surface area (Å²) in [4.78, 5) is 29.4. The first-order valence-corrected chi connectivity index (χ1v) is 8.29. The normalized spacial score (nSPS) is 16.2. The van der Waals surface area contributed by atoms with Gasteiger partial charge >= 0.3 is 6.03 Å². The maximum absolute atomic E-state index is 11.7. The molecule has 0 radical (unpaired) electrons. The highest BCUT2D eigenvalue weighted by Crippen LogP contribution is 2.21. The molecule has 2 N–H and O–H groups in total. The van der Waals surface area contributed by atoms with E-state index in [-0.39, 0.29) is 12.5 Å². The standard InChI is InChI=1S/C17H23N5O2/c1-18-17(24)20-16(23)11-21-8-6-13(7-9-21)10-22-12-19-14-4-2-3-5-15(14)22/h2-5,12-13H,6-11H2,1H3,(H2,18,20,23,24). The number of imide groups is 1. The number of para-hydroxylation sites is 2. The fourth-order valence-electron chi connectivity index (χ4n) is 3.19. The Kier molecular flexibility index (Phi) is 5.10. The molecular weight excluding hydrogens is 306 g/mol. The zero-order valence-corrected chi connectivity index (χ0v) is 13.9. The number of amides is 3. The predicted molar refractivity (Wildman–Crippen MR) is 91.5 cm³/mol. The fraction of sp³-hybridized carbons (Fsp3) is 0.471. The third-order valence-electron chi connectivity index (χ3n) is 4.54. The van der Waals surface area contributed by atoms with Crippen LogP contribution in [0.15, 0.2) is 30.6 Å². The Morgan fingerprint density at radius 3 is 2.75 bits per heavy atom. The van der Waals surface area contributed by atoms with Gasteiger partial charge in [-0.1, -0.05) is 12.1 Å². The van der Waals surface area contributed by atoms with Gasteiger partial charge in [0, 0.05) is 13.6 Å². The molecule has 3 rings (SSSR count). The number of likely N-dealkylation sites (tertiary alicyclic amines) is 1. The molecule has 1 fully saturated rings. The van der Waals surface area contributed by atoms with Gasteiger partial charge in [0.15, 0.2) is 0 Å². The summed E-state index contributed by atoms with van der Waals surface area (Å²) in [6.45, 7) is 2.98. The van der Waals surface area contributed by atoms with Crippen molar-refractivity contribution < 1.29 is 9.59 Å². The maximum Gasteiger partial charge on any atom is 0.321 e. The fourth-order valence-corrected chi connectivity index (χ4v) is 3.19. The molecular formula is C17H23N5O2. The molecule has 7 nitrogen and oxygen atoms in total. The summed E-state index contributed by atoms with van der Waals surface area (Å²) in [6, 6.07) is 7.71. The van der Waals surface area contributed by atoms with E-state index in [1.807, 2.05) is 24.5 Å². The highest BCUT2D eigenvalue weighted by atomic mass is 16.2. The lowest BCUT2D eigenvalue weighted by molar-refractivity contribution is -0.121. The number of carbonyl (C=O) groups is 2. The Morgan fingerprint density at radius 2 is 2.00 bits per heavy atom. The van der Waals surface area contributed by atoms with Crippen LogP contribution in [0.25, 0.3) is 11.0 Å². The third-order valence-corrected chi connectivity index (χ3v) is 4.54. The molecule has 0 bridgehead atoms. The number of benzene rings is 1. The van der Waals surface area contributed by atoms with Gasteiger partial charge in [-0.2, -0.15) is 0 Å². The molecule has 7 heteroatoms. The Bertz CT molecular complexity index is 719. The van der Waals surface area contributed by atoms with Crippen molar-refractivity contribution in [3.8, 4) is 0 Å². The number of piperidine rings is 1. The number of nitrogens with zero attached hydrogens (tertiary/aromatic N) is 3. The van der Waals surface area contributed by atoms with Crippen LogP contribution in [0.4, 0.5) is 4.79 Å². The van der Waals surface area contributed by atoms with Crippen molar-refractivity contribution in [3.63, 3.8) is 0 Å². The van der Waals surface area contributed by atoms with E-state index in [0.29, 0.717) is 5.92 Å². The number of aromatic nitrogens is 2. The zero-order chi connectivity index (χ0) is 16.9. The van der Waals surface area contributed by atoms with Crippen molar-refractivity contribution in [1.29, 1.82) is 0 Å². The molecule has 0 atom stereocenters. The van der Waals surface area contributed by atoms with Crippen LogP contribution in [0.5, 0.6) is 0 Å². The monoisotopic (exact) mass is 329 g/mol. The molecule has 1 saturated heterocycles. The van der Waals surface area contributed by atoms with Crippen LogP contribution in [0.2, 0.25) is 0 Å². The van der Waals surface area contributed by atoms with Crippen LogP contribution in [0, 0.1) is 5.92 Å². The molecule has 128 valence electrons. The van der Waals surface area contributed by atoms with E-state index in [0.717, 1.165) is 38.0 Å². The lowest BCUT2D eigenvalue weighted by Gasteiger charge is -2.31. The van der Waals surface area contributed by atoms with Gasteiger partial charge in [0.05, 0.1) is 23.9 Å². The smallest absolute Gasteiger partial charge is 0.321 e. The SMILES string of the molecule is CNC(=O)NC(=O)CN1CCC(Cn2cnc3ccccc32)CC1. The molecule has 0 spiro atoms. The highest BCUT2D eigenvalue weighted by Gasteiger charge is 2.22. The Hall–Kier alpha value is -2.41. The van der Waals surface area contributed by atoms with Gasteiger partial charge in [-0.05, 0) is 44.0 Å². The summed E-state index contributed by atoms with van der Waals surface area (Å²) >= 11 is 0. The molecule has 2 aromatic rings. The summed E-state index contributed by atoms with van der Waals surface area (Å²) in [7, 11) is 1.49. The summed E-state index contributed by atoms with van der Waals surface area (Å²) in [5.74, 6) is 0.328. The van der Waals surface area contributed by atoms with Gasteiger partial charge in [-0.15, -0.1) is 0 Å². The zero-order valence-electron chi connectivity index (χ0n) is 13.9. The van der Waals surface area contributed by atoms with Gasteiger partial charge in [0.1, 0.15) is 0 Å². The van der Waals surface area contributed by atoms with E-state index in [4.69, 9.17) is 0 Å². The van der Waals surface area contributed by atoms with Crippen LogP contribution in [-0.2, 0) is 11.3 Å². The minimum absolute atomic E-state index is 0.256. The van der Waals surface area contributed by atoms with E-state index < -0.39 is 6.03 Å². The molecule has 1 aliphatic heterocycles. The van der Waals surface area contributed by atoms with E-state index >= 15 is 0 Å². The molecule has 3 amide bonds. The van der Waals surface area contributed by atoms with E-state index in [1.165, 1.54) is 12.6 Å². The molecule has 0 unspecified atom stereocenters. The third kappa shape index (κ3) is 3.91. The molecule has 24 heavy (non-hydrogen) atoms. The van der Waals surface area contributed by atoms with E-state index in [1.54, 1.807) is 0 Å². The second kappa shape index (κ2) is 7.44. The van der Waals surface area contributed by atoms with Gasteiger partial charge in [-0.25, -0.2) is 9.78 Å². The van der Waals surface area contributed by atoms with Gasteiger partial charge in [-0.3, -0.25) is 15.0 Å². The molecule has 1 aromatic carbocycles. The molecule has 1 aliphatic rings. The van der Waals surface area contributed by atoms with Crippen molar-refractivity contribution in [3.05, 3.63) is 30.6 Å². The Balaban J connectivity index is 1.48. The predicted octanol–water partition coefficient (Wildman–Crippen LogP) is 1.20. The lowest BCUT2D eigenvalue weighted by atomic mass is 9.96. The number of fused-ring (bicyclic) bond motifs is 1. The van der Waals surface area contributed by atoms with E-state index in [9.17, 15) is 9.59 Å². The molecule has 1 aromatic heterocycles. The Morgan fingerprint density at radius 1 is 1.25 bits per heavy atom. The van der Waals surface area contributed by atoms with Crippen LogP contribution in [-0.4, -0.2) is 53.1 Å². The number of carbonyl (C=O) groups excluding carboxylic acids is 2. The highest BCUT2D eigenvalue weighted by molar-refractivity contribution is 5.95. The first kappa shape index (κ1) is 16.4. The van der Waals surface area contributed by atoms with E-state index in [2.05, 4.69) is 31.2 Å². The van der Waals surface area contributed by atoms with Crippen LogP contribution in [0.3, 0.4) is 0 Å². The number of rotatable bonds is 4. The van der Waals surface area contributed by atoms with Crippen LogP contribution >= 0.6 is 0 Å².